The van der Waals surface area contributed by atoms with Gasteiger partial charge in [-0.2, -0.15) is 0 Å². The van der Waals surface area contributed by atoms with Gasteiger partial charge in [0.1, 0.15) is 0 Å². The Morgan fingerprint density at radius 3 is 2.76 bits per heavy atom. The number of nitrogens with zero attached hydrogens (tertiary/aromatic N) is 1. The molecule has 1 aliphatic rings. The third-order valence-corrected chi connectivity index (χ3v) is 3.41. The van der Waals surface area contributed by atoms with Crippen molar-refractivity contribution in [2.75, 3.05) is 19.6 Å². The predicted molar refractivity (Wildman–Crippen MR) is 69.0 cm³/mol. The molecule has 1 aromatic rings. The maximum atomic E-state index is 11.6. The quantitative estimate of drug-likeness (QED) is 0.870. The molecule has 92 valence electrons. The predicted octanol–water partition coefficient (Wildman–Crippen LogP) is 2.05. The van der Waals surface area contributed by atoms with Gasteiger partial charge >= 0.3 is 0 Å². The van der Waals surface area contributed by atoms with Gasteiger partial charge in [0, 0.05) is 24.5 Å². The first-order valence-corrected chi connectivity index (χ1v) is 6.36. The molecule has 0 aromatic heterocycles. The standard InChI is InChI=1S/C13H17ClN2O/c14-12-5-2-1-4-11(12)10-15-13(17)6-9-16-7-3-8-16/h1-2,4-5H,3,6-10H2,(H,15,17). The maximum absolute atomic E-state index is 11.6. The summed E-state index contributed by atoms with van der Waals surface area (Å²) in [5, 5.41) is 3.60. The molecule has 1 amide bonds. The van der Waals surface area contributed by atoms with Gasteiger partial charge in [-0.25, -0.2) is 0 Å². The van der Waals surface area contributed by atoms with Crippen LogP contribution in [-0.4, -0.2) is 30.4 Å². The first-order chi connectivity index (χ1) is 8.25. The van der Waals surface area contributed by atoms with Gasteiger partial charge in [-0.15, -0.1) is 0 Å². The number of carbonyl (C=O) groups excluding carboxylic acids is 1. The van der Waals surface area contributed by atoms with Crippen molar-refractivity contribution in [2.45, 2.75) is 19.4 Å². The van der Waals surface area contributed by atoms with Gasteiger partial charge in [-0.1, -0.05) is 29.8 Å². The molecule has 4 heteroatoms. The highest BCUT2D eigenvalue weighted by atomic mass is 35.5. The molecule has 1 heterocycles. The number of halogens is 1. The number of hydrogen-bond donors (Lipinski definition) is 1. The lowest BCUT2D eigenvalue weighted by Crippen LogP contribution is -2.39. The molecule has 1 aromatic carbocycles. The Labute approximate surface area is 107 Å². The van der Waals surface area contributed by atoms with Crippen molar-refractivity contribution in [1.29, 1.82) is 0 Å². The van der Waals surface area contributed by atoms with E-state index in [9.17, 15) is 4.79 Å². The lowest BCUT2D eigenvalue weighted by Gasteiger charge is -2.30. The fraction of sp³-hybridized carbons (Fsp3) is 0.462. The number of amides is 1. The number of nitrogens with one attached hydrogen (secondary N) is 1. The Morgan fingerprint density at radius 2 is 2.12 bits per heavy atom. The zero-order valence-electron chi connectivity index (χ0n) is 9.79. The minimum atomic E-state index is 0.0943. The largest absolute Gasteiger partial charge is 0.352 e. The fourth-order valence-corrected chi connectivity index (χ4v) is 1.99. The molecule has 1 saturated heterocycles. The molecule has 1 fully saturated rings. The molecule has 1 aliphatic heterocycles. The zero-order chi connectivity index (χ0) is 12.1. The van der Waals surface area contributed by atoms with Crippen molar-refractivity contribution in [2.24, 2.45) is 0 Å². The van der Waals surface area contributed by atoms with Crippen molar-refractivity contribution in [3.8, 4) is 0 Å². The summed E-state index contributed by atoms with van der Waals surface area (Å²) in [5.74, 6) is 0.0943. The highest BCUT2D eigenvalue weighted by Crippen LogP contribution is 2.14. The molecule has 0 radical (unpaired) electrons. The van der Waals surface area contributed by atoms with Crippen LogP contribution in [-0.2, 0) is 11.3 Å². The van der Waals surface area contributed by atoms with E-state index in [-0.39, 0.29) is 5.91 Å². The van der Waals surface area contributed by atoms with Crippen LogP contribution in [0.25, 0.3) is 0 Å². The molecule has 0 spiro atoms. The molecular weight excluding hydrogens is 236 g/mol. The van der Waals surface area contributed by atoms with Gasteiger partial charge < -0.3 is 10.2 Å². The Hall–Kier alpha value is -1.06. The fourth-order valence-electron chi connectivity index (χ4n) is 1.79. The molecule has 1 N–H and O–H groups in total. The van der Waals surface area contributed by atoms with Gasteiger partial charge in [0.15, 0.2) is 0 Å². The van der Waals surface area contributed by atoms with E-state index in [4.69, 9.17) is 11.6 Å². The van der Waals surface area contributed by atoms with Crippen LogP contribution in [0.15, 0.2) is 24.3 Å². The number of carbonyl (C=O) groups is 1. The second kappa shape index (κ2) is 6.03. The molecular formula is C13H17ClN2O. The van der Waals surface area contributed by atoms with Crippen LogP contribution < -0.4 is 5.32 Å². The van der Waals surface area contributed by atoms with Crippen molar-refractivity contribution in [3.05, 3.63) is 34.9 Å². The van der Waals surface area contributed by atoms with Crippen LogP contribution in [0.4, 0.5) is 0 Å². The van der Waals surface area contributed by atoms with Gasteiger partial charge in [0.2, 0.25) is 5.91 Å². The van der Waals surface area contributed by atoms with Gasteiger partial charge in [0.05, 0.1) is 0 Å². The van der Waals surface area contributed by atoms with E-state index in [2.05, 4.69) is 10.2 Å². The SMILES string of the molecule is O=C(CCN1CCC1)NCc1ccccc1Cl. The minimum Gasteiger partial charge on any atom is -0.352 e. The van der Waals surface area contributed by atoms with Crippen LogP contribution in [0, 0.1) is 0 Å². The van der Waals surface area contributed by atoms with E-state index in [1.807, 2.05) is 24.3 Å². The molecule has 0 atom stereocenters. The second-order valence-corrected chi connectivity index (χ2v) is 4.72. The lowest BCUT2D eigenvalue weighted by molar-refractivity contribution is -0.121. The van der Waals surface area contributed by atoms with E-state index in [1.54, 1.807) is 0 Å². The summed E-state index contributed by atoms with van der Waals surface area (Å²) in [7, 11) is 0. The van der Waals surface area contributed by atoms with Crippen molar-refractivity contribution >= 4 is 17.5 Å². The first kappa shape index (κ1) is 12.4. The number of benzene rings is 1. The molecule has 3 nitrogen and oxygen atoms in total. The summed E-state index contributed by atoms with van der Waals surface area (Å²) >= 11 is 6.01. The van der Waals surface area contributed by atoms with Crippen molar-refractivity contribution in [1.82, 2.24) is 10.2 Å². The average molecular weight is 253 g/mol. The molecule has 0 bridgehead atoms. The molecule has 0 saturated carbocycles. The van der Waals surface area contributed by atoms with Gasteiger partial charge in [-0.3, -0.25) is 4.79 Å². The molecule has 17 heavy (non-hydrogen) atoms. The molecule has 0 aliphatic carbocycles. The Kier molecular flexibility index (Phi) is 4.40. The normalized spacial score (nSPS) is 15.4. The first-order valence-electron chi connectivity index (χ1n) is 5.98. The van der Waals surface area contributed by atoms with Gasteiger partial charge in [-0.05, 0) is 31.1 Å². The lowest BCUT2D eigenvalue weighted by atomic mass is 10.2. The maximum Gasteiger partial charge on any atom is 0.221 e. The number of likely N-dealkylation sites (tertiary alicyclic amines) is 1. The second-order valence-electron chi connectivity index (χ2n) is 4.31. The summed E-state index contributed by atoms with van der Waals surface area (Å²) in [6, 6.07) is 7.58. The summed E-state index contributed by atoms with van der Waals surface area (Å²) in [6.07, 6.45) is 1.84. The average Bonchev–Trinajstić information content (AvgIpc) is 2.26. The Morgan fingerprint density at radius 1 is 1.35 bits per heavy atom. The Bertz CT molecular complexity index is 391. The van der Waals surface area contributed by atoms with E-state index in [1.165, 1.54) is 6.42 Å². The topological polar surface area (TPSA) is 32.3 Å². The highest BCUT2D eigenvalue weighted by molar-refractivity contribution is 6.31. The van der Waals surface area contributed by atoms with E-state index in [0.29, 0.717) is 18.0 Å². The van der Waals surface area contributed by atoms with Crippen LogP contribution >= 0.6 is 11.6 Å². The summed E-state index contributed by atoms with van der Waals surface area (Å²) < 4.78 is 0. The van der Waals surface area contributed by atoms with E-state index < -0.39 is 0 Å². The minimum absolute atomic E-state index is 0.0943. The highest BCUT2D eigenvalue weighted by Gasteiger charge is 2.14. The summed E-state index contributed by atoms with van der Waals surface area (Å²) in [4.78, 5) is 13.9. The third-order valence-electron chi connectivity index (χ3n) is 3.04. The number of rotatable bonds is 5. The zero-order valence-corrected chi connectivity index (χ0v) is 10.5. The molecule has 2 rings (SSSR count). The number of hydrogen-bond acceptors (Lipinski definition) is 2. The van der Waals surface area contributed by atoms with Crippen LogP contribution in [0.5, 0.6) is 0 Å². The monoisotopic (exact) mass is 252 g/mol. The smallest absolute Gasteiger partial charge is 0.221 e. The Balaban J connectivity index is 1.70. The summed E-state index contributed by atoms with van der Waals surface area (Å²) in [6.45, 7) is 3.66. The van der Waals surface area contributed by atoms with Crippen molar-refractivity contribution < 1.29 is 4.79 Å². The van der Waals surface area contributed by atoms with E-state index >= 15 is 0 Å². The van der Waals surface area contributed by atoms with E-state index in [0.717, 1.165) is 25.2 Å². The summed E-state index contributed by atoms with van der Waals surface area (Å²) in [5.41, 5.74) is 0.964. The van der Waals surface area contributed by atoms with Crippen LogP contribution in [0.2, 0.25) is 5.02 Å². The molecule has 0 unspecified atom stereocenters. The van der Waals surface area contributed by atoms with Gasteiger partial charge in [0.25, 0.3) is 0 Å². The van der Waals surface area contributed by atoms with Crippen LogP contribution in [0.3, 0.4) is 0 Å². The van der Waals surface area contributed by atoms with Crippen LogP contribution in [0.1, 0.15) is 18.4 Å². The third kappa shape index (κ3) is 3.72. The van der Waals surface area contributed by atoms with Crippen molar-refractivity contribution in [3.63, 3.8) is 0 Å².